The monoisotopic (exact) mass is 2140 g/mol. The minimum Gasteiger partial charge on any atom is -0.457 e. The van der Waals surface area contributed by atoms with E-state index < -0.39 is 0 Å². The number of nitrogens with zero attached hydrogens (tertiary/aromatic N) is 8. The standard InChI is InChI=1S/C30H25Cl3N2O.3C29H23Cl3N2O2/c31-24-12-10-22(11-13-24)29-20-34(16-17-35(29)28-15-14-25(32)19-27(28)33)30(36)26-9-5-4-8-23(26)18-21-6-2-1-3-7-21;30-22-11-9-20(10-12-22)28-19-33(15-16-34(28)27-14-13-23(31)18-26(27)32)29(35)21-5-4-8-25(17-21)36-24-6-2-1-3-7-24;30-21-12-10-20(11-13-21)27-19-33(16-17-34(27)26-15-14-22(31)18-25(26)32)29(35)24-8-4-5-9-28(24)36-23-6-2-1-3-7-23;30-22-10-6-20(7-11-22)28-19-33(16-17-34(28)27-15-12-23(31)18-26(27)32)29(35)21-8-13-25(14-9-21)36-24-4-2-1-3-5-24/h1-15,19,29H,16-18,20H2;1-14,17-18,28H,15-16,19H2;1-15,18,27H,16-17,19H2;1-15,18,28H,16-17,19H2. The van der Waals surface area contributed by atoms with Crippen LogP contribution in [0.15, 0.2) is 388 Å². The Morgan fingerprint density at radius 1 is 0.229 bits per heavy atom. The summed E-state index contributed by atoms with van der Waals surface area (Å²) >= 11 is 75.6. The fourth-order valence-electron chi connectivity index (χ4n) is 18.1. The fraction of sp³-hybridized carbons (Fsp3) is 0.145. The predicted molar refractivity (Wildman–Crippen MR) is 590 cm³/mol. The van der Waals surface area contributed by atoms with Crippen molar-refractivity contribution in [3.05, 3.63) is 504 Å². The highest BCUT2D eigenvalue weighted by molar-refractivity contribution is 6.39. The molecule has 0 spiro atoms. The van der Waals surface area contributed by atoms with Crippen molar-refractivity contribution in [2.45, 2.75) is 30.6 Å². The molecule has 0 bridgehead atoms. The van der Waals surface area contributed by atoms with Crippen LogP contribution in [0.2, 0.25) is 60.3 Å². The molecule has 20 rings (SSSR count). The minimum atomic E-state index is -0.124. The highest BCUT2D eigenvalue weighted by Gasteiger charge is 2.39. The van der Waals surface area contributed by atoms with Gasteiger partial charge >= 0.3 is 0 Å². The summed E-state index contributed by atoms with van der Waals surface area (Å²) in [6.07, 6.45) is 0.712. The van der Waals surface area contributed by atoms with Crippen LogP contribution < -0.4 is 33.8 Å². The number of rotatable bonds is 20. The molecule has 15 nitrogen and oxygen atoms in total. The van der Waals surface area contributed by atoms with Crippen molar-refractivity contribution in [2.75, 3.05) is 98.1 Å². The van der Waals surface area contributed by atoms with Crippen molar-refractivity contribution in [3.63, 3.8) is 0 Å². The highest BCUT2D eigenvalue weighted by atomic mass is 35.5. The summed E-state index contributed by atoms with van der Waals surface area (Å²) in [4.78, 5) is 71.1. The van der Waals surface area contributed by atoms with Gasteiger partial charge in [0.05, 0.1) is 72.6 Å². The van der Waals surface area contributed by atoms with Crippen LogP contribution in [0, 0.1) is 0 Å². The van der Waals surface area contributed by atoms with E-state index in [1.54, 1.807) is 48.5 Å². The van der Waals surface area contributed by atoms with Crippen LogP contribution >= 0.6 is 139 Å². The van der Waals surface area contributed by atoms with E-state index in [9.17, 15) is 19.2 Å². The van der Waals surface area contributed by atoms with Gasteiger partial charge in [0, 0.05) is 135 Å². The summed E-state index contributed by atoms with van der Waals surface area (Å²) in [6, 6.07) is 121. The van der Waals surface area contributed by atoms with Gasteiger partial charge in [0.2, 0.25) is 0 Å². The maximum absolute atomic E-state index is 13.8. The summed E-state index contributed by atoms with van der Waals surface area (Å²) in [5.41, 5.74) is 12.4. The molecule has 0 saturated carbocycles. The summed E-state index contributed by atoms with van der Waals surface area (Å²) in [7, 11) is 0. The average molecular weight is 2150 g/mol. The molecular weight excluding hydrogens is 2050 g/mol. The largest absolute Gasteiger partial charge is 0.457 e. The first-order chi connectivity index (χ1) is 69.9. The molecule has 4 heterocycles. The molecule has 4 fully saturated rings. The van der Waals surface area contributed by atoms with E-state index in [0.29, 0.717) is 185 Å². The first kappa shape index (κ1) is 103. The molecule has 4 aliphatic heterocycles. The van der Waals surface area contributed by atoms with Crippen molar-refractivity contribution >= 4 is 186 Å². The summed E-state index contributed by atoms with van der Waals surface area (Å²) in [6.45, 7) is 6.68. The number of amides is 4. The first-order valence-corrected chi connectivity index (χ1v) is 51.1. The van der Waals surface area contributed by atoms with Crippen molar-refractivity contribution in [1.82, 2.24) is 19.6 Å². The molecule has 144 heavy (non-hydrogen) atoms. The third-order valence-electron chi connectivity index (χ3n) is 25.3. The Balaban J connectivity index is 0.000000132. The number of hydrogen-bond donors (Lipinski definition) is 0. The first-order valence-electron chi connectivity index (χ1n) is 46.6. The maximum Gasteiger partial charge on any atom is 0.257 e. The number of hydrogen-bond acceptors (Lipinski definition) is 11. The summed E-state index contributed by atoms with van der Waals surface area (Å²) in [5, 5.41) is 7.31. The van der Waals surface area contributed by atoms with Crippen LogP contribution in [-0.2, 0) is 6.42 Å². The van der Waals surface area contributed by atoms with Crippen LogP contribution in [0.25, 0.3) is 0 Å². The molecule has 0 radical (unpaired) electrons. The van der Waals surface area contributed by atoms with Gasteiger partial charge < -0.3 is 53.4 Å². The molecule has 0 N–H and O–H groups in total. The van der Waals surface area contributed by atoms with Crippen molar-refractivity contribution in [1.29, 1.82) is 0 Å². The summed E-state index contributed by atoms with van der Waals surface area (Å²) in [5.74, 6) is 3.87. The zero-order chi connectivity index (χ0) is 100. The molecule has 16 aromatic rings. The lowest BCUT2D eigenvalue weighted by atomic mass is 9.97. The number of ether oxygens (including phenoxy) is 3. The fourth-order valence-corrected chi connectivity index (χ4v) is 20.7. The molecule has 4 aliphatic rings. The molecule has 4 unspecified atom stereocenters. The maximum atomic E-state index is 13.8. The van der Waals surface area contributed by atoms with Gasteiger partial charge in [0.25, 0.3) is 23.6 Å². The molecule has 4 atom stereocenters. The molecular formula is C117H94Cl12N8O7. The zero-order valence-corrected chi connectivity index (χ0v) is 86.5. The average Bonchev–Trinajstić information content (AvgIpc) is 0.760. The smallest absolute Gasteiger partial charge is 0.257 e. The number of benzene rings is 16. The Kier molecular flexibility index (Phi) is 35.0. The van der Waals surface area contributed by atoms with Crippen LogP contribution in [0.1, 0.15) is 99.0 Å². The molecule has 27 heteroatoms. The van der Waals surface area contributed by atoms with Gasteiger partial charge in [-0.3, -0.25) is 19.2 Å². The number of anilines is 4. The highest BCUT2D eigenvalue weighted by Crippen LogP contribution is 2.45. The van der Waals surface area contributed by atoms with E-state index in [1.807, 2.05) is 347 Å². The molecule has 728 valence electrons. The van der Waals surface area contributed by atoms with Gasteiger partial charge in [-0.2, -0.15) is 0 Å². The van der Waals surface area contributed by atoms with Gasteiger partial charge in [-0.15, -0.1) is 0 Å². The van der Waals surface area contributed by atoms with E-state index in [4.69, 9.17) is 153 Å². The van der Waals surface area contributed by atoms with Crippen molar-refractivity contribution < 1.29 is 33.4 Å². The molecule has 0 aliphatic carbocycles. The van der Waals surface area contributed by atoms with E-state index >= 15 is 0 Å². The number of carbonyl (C=O) groups excluding carboxylic acids is 4. The van der Waals surface area contributed by atoms with Gasteiger partial charge in [0.15, 0.2) is 0 Å². The van der Waals surface area contributed by atoms with Crippen LogP contribution in [0.5, 0.6) is 34.5 Å². The van der Waals surface area contributed by atoms with Crippen LogP contribution in [0.4, 0.5) is 22.7 Å². The topological polar surface area (TPSA) is 122 Å². The van der Waals surface area contributed by atoms with Gasteiger partial charge in [-0.05, 0) is 258 Å². The zero-order valence-electron chi connectivity index (χ0n) is 77.4. The molecule has 4 saturated heterocycles. The van der Waals surface area contributed by atoms with Gasteiger partial charge in [0.1, 0.15) is 34.5 Å². The van der Waals surface area contributed by atoms with Crippen LogP contribution in [-0.4, -0.2) is 122 Å². The second kappa shape index (κ2) is 48.9. The Morgan fingerprint density at radius 2 is 0.514 bits per heavy atom. The number of piperazine rings is 4. The quantitative estimate of drug-likeness (QED) is 0.0725. The van der Waals surface area contributed by atoms with Gasteiger partial charge in [-0.25, -0.2) is 0 Å². The molecule has 16 aromatic carbocycles. The Labute approximate surface area is 898 Å². The lowest BCUT2D eigenvalue weighted by molar-refractivity contribution is 0.0712. The van der Waals surface area contributed by atoms with Crippen molar-refractivity contribution in [3.8, 4) is 34.5 Å². The van der Waals surface area contributed by atoms with E-state index in [0.717, 1.165) is 67.6 Å². The lowest BCUT2D eigenvalue weighted by Crippen LogP contribution is -2.50. The van der Waals surface area contributed by atoms with Crippen molar-refractivity contribution in [2.24, 2.45) is 0 Å². The Morgan fingerprint density at radius 3 is 0.882 bits per heavy atom. The van der Waals surface area contributed by atoms with E-state index in [-0.39, 0.29) is 47.8 Å². The minimum absolute atomic E-state index is 0.0259. The Hall–Kier alpha value is -12.5. The van der Waals surface area contributed by atoms with Gasteiger partial charge in [-0.1, -0.05) is 309 Å². The molecule has 0 aromatic heterocycles. The van der Waals surface area contributed by atoms with E-state index in [1.165, 1.54) is 5.56 Å². The summed E-state index contributed by atoms with van der Waals surface area (Å²) < 4.78 is 17.9. The normalized spacial score (nSPS) is 15.6. The third kappa shape index (κ3) is 26.2. The number of halogens is 12. The third-order valence-corrected chi connectivity index (χ3v) is 28.4. The predicted octanol–water partition coefficient (Wildman–Crippen LogP) is 32.4. The Bertz CT molecular complexity index is 6910. The van der Waals surface area contributed by atoms with Crippen LogP contribution in [0.3, 0.4) is 0 Å². The molecule has 4 amide bonds. The lowest BCUT2D eigenvalue weighted by Gasteiger charge is -2.43. The number of para-hydroxylation sites is 4. The number of carbonyl (C=O) groups is 4. The second-order valence-corrected chi connectivity index (χ2v) is 39.7. The SMILES string of the molecule is O=C(c1ccc(Oc2ccccc2)cc1)N1CCN(c2ccc(Cl)cc2Cl)C(c2ccc(Cl)cc2)C1.O=C(c1cccc(Oc2ccccc2)c1)N1CCN(c2ccc(Cl)cc2Cl)C(c2ccc(Cl)cc2)C1.O=C(c1ccccc1Cc1ccccc1)N1CCN(c2ccc(Cl)cc2Cl)C(c2ccc(Cl)cc2)C1.O=C(c1ccccc1Oc1ccccc1)N1CCN(c2ccc(Cl)cc2Cl)C(c2ccc(Cl)cc2)C1. The van der Waals surface area contributed by atoms with E-state index in [2.05, 4.69) is 31.7 Å². The second-order valence-electron chi connectivity index (χ2n) is 34.5.